The number of fused-ring (bicyclic) bond motifs is 4. The number of benzene rings is 1. The standard InChI is InChI=1S/C27H40N4O3/c1-4-5-16-34-26(33)31-20-10-11-21(31)18-22(17-20)29-14-12-27(13-15-29)19-30(25(32)28(2)3)24-9-7-6-8-23(24)27/h6-9,20-22H,4-5,10-19H2,1-3H3. The number of urea groups is 1. The summed E-state index contributed by atoms with van der Waals surface area (Å²) < 4.78 is 5.56. The molecule has 4 aliphatic rings. The van der Waals surface area contributed by atoms with Gasteiger partial charge >= 0.3 is 12.1 Å². The first-order chi connectivity index (χ1) is 16.4. The van der Waals surface area contributed by atoms with E-state index in [1.807, 2.05) is 25.1 Å². The molecule has 1 aromatic carbocycles. The number of anilines is 1. The molecule has 0 aromatic heterocycles. The number of para-hydroxylation sites is 1. The highest BCUT2D eigenvalue weighted by Crippen LogP contribution is 2.48. The van der Waals surface area contributed by atoms with Gasteiger partial charge in [0.05, 0.1) is 6.61 Å². The number of rotatable bonds is 4. The van der Waals surface area contributed by atoms with Gasteiger partial charge in [-0.05, 0) is 69.7 Å². The molecule has 7 nitrogen and oxygen atoms in total. The fraction of sp³-hybridized carbons (Fsp3) is 0.704. The summed E-state index contributed by atoms with van der Waals surface area (Å²) in [7, 11) is 3.66. The predicted molar refractivity (Wildman–Crippen MR) is 133 cm³/mol. The van der Waals surface area contributed by atoms with E-state index in [4.69, 9.17) is 4.74 Å². The summed E-state index contributed by atoms with van der Waals surface area (Å²) in [6.45, 7) is 5.56. The minimum Gasteiger partial charge on any atom is -0.449 e. The zero-order chi connectivity index (χ0) is 23.9. The number of nitrogens with zero attached hydrogens (tertiary/aromatic N) is 4. The number of ether oxygens (including phenoxy) is 1. The predicted octanol–water partition coefficient (Wildman–Crippen LogP) is 4.45. The topological polar surface area (TPSA) is 56.3 Å². The molecule has 0 radical (unpaired) electrons. The van der Waals surface area contributed by atoms with Gasteiger partial charge in [0.1, 0.15) is 0 Å². The zero-order valence-electron chi connectivity index (χ0n) is 21.0. The maximum Gasteiger partial charge on any atom is 0.410 e. The van der Waals surface area contributed by atoms with Gasteiger partial charge in [-0.25, -0.2) is 9.59 Å². The van der Waals surface area contributed by atoms with Crippen LogP contribution in [-0.4, -0.2) is 85.3 Å². The Labute approximate surface area is 204 Å². The number of carbonyl (C=O) groups is 2. The second kappa shape index (κ2) is 9.40. The SMILES string of the molecule is CCCCOC(=O)N1C2CCC1CC(N1CCC3(CC1)CN(C(=O)N(C)C)c1ccccc13)C2. The number of hydrogen-bond acceptors (Lipinski definition) is 4. The third-order valence-electron chi connectivity index (χ3n) is 8.75. The van der Waals surface area contributed by atoms with Crippen LogP contribution in [0, 0.1) is 0 Å². The van der Waals surface area contributed by atoms with Crippen LogP contribution in [-0.2, 0) is 10.2 Å². The highest BCUT2D eigenvalue weighted by atomic mass is 16.6. The van der Waals surface area contributed by atoms with Crippen LogP contribution in [0.3, 0.4) is 0 Å². The number of likely N-dealkylation sites (tertiary alicyclic amines) is 1. The molecule has 3 amide bonds. The Bertz CT molecular complexity index is 897. The van der Waals surface area contributed by atoms with Gasteiger partial charge in [0.25, 0.3) is 0 Å². The van der Waals surface area contributed by atoms with Crippen LogP contribution >= 0.6 is 0 Å². The molecule has 3 saturated heterocycles. The molecule has 2 atom stereocenters. The van der Waals surface area contributed by atoms with Gasteiger partial charge in [-0.1, -0.05) is 31.5 Å². The molecule has 2 unspecified atom stereocenters. The zero-order valence-corrected chi connectivity index (χ0v) is 21.0. The van der Waals surface area contributed by atoms with Crippen molar-refractivity contribution in [3.8, 4) is 0 Å². The fourth-order valence-corrected chi connectivity index (χ4v) is 6.91. The monoisotopic (exact) mass is 468 g/mol. The summed E-state index contributed by atoms with van der Waals surface area (Å²) in [4.78, 5) is 34.0. The normalized spacial score (nSPS) is 27.7. The van der Waals surface area contributed by atoms with Gasteiger partial charge in [0, 0.05) is 49.9 Å². The third-order valence-corrected chi connectivity index (χ3v) is 8.75. The maximum absolute atomic E-state index is 12.9. The van der Waals surface area contributed by atoms with Crippen molar-refractivity contribution in [3.63, 3.8) is 0 Å². The second-order valence-corrected chi connectivity index (χ2v) is 11.0. The summed E-state index contributed by atoms with van der Waals surface area (Å²) in [6, 6.07) is 9.76. The van der Waals surface area contributed by atoms with Crippen molar-refractivity contribution in [2.24, 2.45) is 0 Å². The van der Waals surface area contributed by atoms with Crippen molar-refractivity contribution in [1.29, 1.82) is 0 Å². The summed E-state index contributed by atoms with van der Waals surface area (Å²) in [5.41, 5.74) is 2.48. The van der Waals surface area contributed by atoms with E-state index in [2.05, 4.69) is 34.9 Å². The molecular formula is C27H40N4O3. The minimum absolute atomic E-state index is 0.0571. The molecule has 2 bridgehead atoms. The number of amides is 3. The Kier molecular flexibility index (Phi) is 6.49. The number of carbonyl (C=O) groups excluding carboxylic acids is 2. The van der Waals surface area contributed by atoms with Gasteiger partial charge in [0.15, 0.2) is 0 Å². The Morgan fingerprint density at radius 3 is 2.38 bits per heavy atom. The van der Waals surface area contributed by atoms with Gasteiger partial charge < -0.3 is 19.4 Å². The highest BCUT2D eigenvalue weighted by molar-refractivity contribution is 5.95. The molecule has 3 fully saturated rings. The molecule has 0 aliphatic carbocycles. The van der Waals surface area contributed by atoms with Crippen LogP contribution in [0.5, 0.6) is 0 Å². The highest BCUT2D eigenvalue weighted by Gasteiger charge is 2.50. The van der Waals surface area contributed by atoms with E-state index < -0.39 is 0 Å². The Morgan fingerprint density at radius 2 is 1.74 bits per heavy atom. The van der Waals surface area contributed by atoms with Gasteiger partial charge in [-0.15, -0.1) is 0 Å². The Hall–Kier alpha value is -2.28. The first-order valence-electron chi connectivity index (χ1n) is 13.2. The molecule has 34 heavy (non-hydrogen) atoms. The molecule has 4 heterocycles. The largest absolute Gasteiger partial charge is 0.449 e. The van der Waals surface area contributed by atoms with E-state index in [0.29, 0.717) is 24.7 Å². The van der Waals surface area contributed by atoms with Crippen molar-refractivity contribution in [2.75, 3.05) is 45.2 Å². The first-order valence-corrected chi connectivity index (χ1v) is 13.2. The first kappa shape index (κ1) is 23.5. The molecule has 1 spiro atoms. The summed E-state index contributed by atoms with van der Waals surface area (Å²) in [5.74, 6) is 0. The lowest BCUT2D eigenvalue weighted by atomic mass is 9.73. The van der Waals surface area contributed by atoms with Crippen LogP contribution in [0.1, 0.15) is 63.9 Å². The van der Waals surface area contributed by atoms with Gasteiger partial charge in [0.2, 0.25) is 0 Å². The number of hydrogen-bond donors (Lipinski definition) is 0. The Balaban J connectivity index is 1.23. The molecule has 0 saturated carbocycles. The van der Waals surface area contributed by atoms with E-state index in [-0.39, 0.29) is 17.5 Å². The van der Waals surface area contributed by atoms with Crippen LogP contribution < -0.4 is 4.90 Å². The smallest absolute Gasteiger partial charge is 0.410 e. The van der Waals surface area contributed by atoms with Crippen LogP contribution in [0.4, 0.5) is 15.3 Å². The van der Waals surface area contributed by atoms with Crippen molar-refractivity contribution < 1.29 is 14.3 Å². The molecule has 7 heteroatoms. The Morgan fingerprint density at radius 1 is 1.06 bits per heavy atom. The molecular weight excluding hydrogens is 428 g/mol. The third kappa shape index (κ3) is 4.06. The number of piperidine rings is 2. The van der Waals surface area contributed by atoms with Crippen LogP contribution in [0.2, 0.25) is 0 Å². The van der Waals surface area contributed by atoms with Gasteiger partial charge in [-0.2, -0.15) is 0 Å². The van der Waals surface area contributed by atoms with Crippen molar-refractivity contribution >= 4 is 17.8 Å². The summed E-state index contributed by atoms with van der Waals surface area (Å²) in [5, 5.41) is 0. The molecule has 5 rings (SSSR count). The lowest BCUT2D eigenvalue weighted by Crippen LogP contribution is -2.55. The fourth-order valence-electron chi connectivity index (χ4n) is 6.91. The van der Waals surface area contributed by atoms with Crippen molar-refractivity contribution in [1.82, 2.24) is 14.7 Å². The summed E-state index contributed by atoms with van der Waals surface area (Å²) >= 11 is 0. The minimum atomic E-state index is -0.0924. The van der Waals surface area contributed by atoms with Crippen LogP contribution in [0.15, 0.2) is 24.3 Å². The molecule has 186 valence electrons. The van der Waals surface area contributed by atoms with E-state index in [9.17, 15) is 9.59 Å². The lowest BCUT2D eigenvalue weighted by Gasteiger charge is -2.47. The molecule has 4 aliphatic heterocycles. The molecule has 0 N–H and O–H groups in total. The number of unbranched alkanes of at least 4 members (excludes halogenated alkanes) is 1. The van der Waals surface area contributed by atoms with E-state index in [1.54, 1.807) is 4.90 Å². The average Bonchev–Trinajstić information content (AvgIpc) is 3.30. The second-order valence-electron chi connectivity index (χ2n) is 11.0. The van der Waals surface area contributed by atoms with Crippen molar-refractivity contribution in [3.05, 3.63) is 29.8 Å². The maximum atomic E-state index is 12.9. The summed E-state index contributed by atoms with van der Waals surface area (Å²) in [6.07, 6.45) is 8.39. The molecule has 1 aromatic rings. The van der Waals surface area contributed by atoms with E-state index in [0.717, 1.165) is 76.7 Å². The van der Waals surface area contributed by atoms with E-state index >= 15 is 0 Å². The van der Waals surface area contributed by atoms with Gasteiger partial charge in [-0.3, -0.25) is 4.90 Å². The lowest BCUT2D eigenvalue weighted by molar-refractivity contribution is 0.0265. The quantitative estimate of drug-likeness (QED) is 0.613. The van der Waals surface area contributed by atoms with E-state index in [1.165, 1.54) is 5.56 Å². The van der Waals surface area contributed by atoms with Crippen molar-refractivity contribution in [2.45, 2.75) is 81.8 Å². The van der Waals surface area contributed by atoms with Crippen LogP contribution in [0.25, 0.3) is 0 Å². The average molecular weight is 469 g/mol.